The number of benzene rings is 3. The standard InChI is InChI=1S/C27H28N2O2S/c1-18-5-9-21(10-6-18)25(31)29-26(32)28-23-15-7-19(8-16-23)17-24(30)20-11-13-22(14-12-20)27(2,3)4/h5-16H,17H2,1-4H3,(H2,28,29,31,32). The molecule has 0 unspecified atom stereocenters. The van der Waals surface area contributed by atoms with Crippen LogP contribution in [0.1, 0.15) is 58.2 Å². The summed E-state index contributed by atoms with van der Waals surface area (Å²) in [5.41, 5.74) is 5.26. The van der Waals surface area contributed by atoms with E-state index in [-0.39, 0.29) is 22.2 Å². The molecule has 3 aromatic rings. The van der Waals surface area contributed by atoms with Gasteiger partial charge < -0.3 is 5.32 Å². The smallest absolute Gasteiger partial charge is 0.257 e. The number of Topliss-reactive ketones (excluding diaryl/α,β-unsaturated/α-hetero) is 1. The topological polar surface area (TPSA) is 58.2 Å². The van der Waals surface area contributed by atoms with Gasteiger partial charge in [0.25, 0.3) is 5.91 Å². The number of carbonyl (C=O) groups is 2. The van der Waals surface area contributed by atoms with Gasteiger partial charge in [0.05, 0.1) is 0 Å². The van der Waals surface area contributed by atoms with Crippen molar-refractivity contribution in [2.24, 2.45) is 0 Å². The zero-order valence-electron chi connectivity index (χ0n) is 18.9. The van der Waals surface area contributed by atoms with E-state index in [9.17, 15) is 9.59 Å². The first-order valence-corrected chi connectivity index (χ1v) is 10.9. The van der Waals surface area contributed by atoms with Gasteiger partial charge in [0.2, 0.25) is 0 Å². The summed E-state index contributed by atoms with van der Waals surface area (Å²) in [5, 5.41) is 5.90. The third-order valence-corrected chi connectivity index (χ3v) is 5.39. The number of amides is 1. The number of nitrogens with one attached hydrogen (secondary N) is 2. The quantitative estimate of drug-likeness (QED) is 0.383. The van der Waals surface area contributed by atoms with E-state index in [2.05, 4.69) is 31.4 Å². The second kappa shape index (κ2) is 9.88. The summed E-state index contributed by atoms with van der Waals surface area (Å²) in [6, 6.07) is 22.6. The Bertz CT molecular complexity index is 1110. The molecule has 0 fully saturated rings. The third-order valence-electron chi connectivity index (χ3n) is 5.19. The molecule has 1 amide bonds. The molecule has 3 rings (SSSR count). The third kappa shape index (κ3) is 6.34. The van der Waals surface area contributed by atoms with Crippen molar-refractivity contribution in [3.8, 4) is 0 Å². The van der Waals surface area contributed by atoms with Gasteiger partial charge in [0.1, 0.15) is 0 Å². The van der Waals surface area contributed by atoms with Gasteiger partial charge >= 0.3 is 0 Å². The molecule has 0 atom stereocenters. The number of anilines is 1. The number of aryl methyl sites for hydroxylation is 1. The van der Waals surface area contributed by atoms with E-state index in [1.165, 1.54) is 5.56 Å². The monoisotopic (exact) mass is 444 g/mol. The van der Waals surface area contributed by atoms with Crippen molar-refractivity contribution in [2.45, 2.75) is 39.5 Å². The van der Waals surface area contributed by atoms with Crippen LogP contribution in [0, 0.1) is 6.92 Å². The molecule has 0 radical (unpaired) electrons. The lowest BCUT2D eigenvalue weighted by atomic mass is 9.86. The molecule has 0 aliphatic carbocycles. The zero-order valence-corrected chi connectivity index (χ0v) is 19.7. The highest BCUT2D eigenvalue weighted by molar-refractivity contribution is 7.80. The number of ketones is 1. The lowest BCUT2D eigenvalue weighted by Gasteiger charge is -2.19. The Kier molecular flexibility index (Phi) is 7.21. The van der Waals surface area contributed by atoms with E-state index >= 15 is 0 Å². The van der Waals surface area contributed by atoms with Crippen LogP contribution < -0.4 is 10.6 Å². The minimum atomic E-state index is -0.262. The van der Waals surface area contributed by atoms with Crippen molar-refractivity contribution in [2.75, 3.05) is 5.32 Å². The molecule has 0 heterocycles. The molecule has 5 heteroatoms. The summed E-state index contributed by atoms with van der Waals surface area (Å²) in [7, 11) is 0. The number of carbonyl (C=O) groups excluding carboxylic acids is 2. The van der Waals surface area contributed by atoms with Crippen molar-refractivity contribution in [3.05, 3.63) is 101 Å². The molecule has 0 spiro atoms. The van der Waals surface area contributed by atoms with Gasteiger partial charge in [-0.15, -0.1) is 0 Å². The SMILES string of the molecule is Cc1ccc(C(=O)NC(=S)Nc2ccc(CC(=O)c3ccc(C(C)(C)C)cc3)cc2)cc1. The molecule has 164 valence electrons. The average molecular weight is 445 g/mol. The van der Waals surface area contributed by atoms with Gasteiger partial charge in [0, 0.05) is 23.2 Å². The fourth-order valence-corrected chi connectivity index (χ4v) is 3.40. The molecule has 0 saturated heterocycles. The predicted octanol–water partition coefficient (Wildman–Crippen LogP) is 5.84. The first-order chi connectivity index (χ1) is 15.1. The van der Waals surface area contributed by atoms with Gasteiger partial charge in [-0.2, -0.15) is 0 Å². The van der Waals surface area contributed by atoms with Crippen LogP contribution in [0.15, 0.2) is 72.8 Å². The largest absolute Gasteiger partial charge is 0.332 e. The van der Waals surface area contributed by atoms with Crippen LogP contribution in [0.4, 0.5) is 5.69 Å². The maximum Gasteiger partial charge on any atom is 0.257 e. The van der Waals surface area contributed by atoms with Gasteiger partial charge in [0.15, 0.2) is 10.9 Å². The molecule has 4 nitrogen and oxygen atoms in total. The number of thiocarbonyl (C=S) groups is 1. The van der Waals surface area contributed by atoms with Crippen LogP contribution in [0.5, 0.6) is 0 Å². The van der Waals surface area contributed by atoms with E-state index in [4.69, 9.17) is 12.2 Å². The summed E-state index contributed by atoms with van der Waals surface area (Å²) in [4.78, 5) is 24.9. The van der Waals surface area contributed by atoms with E-state index in [1.807, 2.05) is 67.6 Å². The summed E-state index contributed by atoms with van der Waals surface area (Å²) in [6.07, 6.45) is 0.323. The van der Waals surface area contributed by atoms with Gasteiger partial charge in [-0.1, -0.05) is 74.9 Å². The predicted molar refractivity (Wildman–Crippen MR) is 134 cm³/mol. The molecule has 0 saturated carbocycles. The minimum Gasteiger partial charge on any atom is -0.332 e. The molecular weight excluding hydrogens is 416 g/mol. The van der Waals surface area contributed by atoms with E-state index in [0.717, 1.165) is 16.8 Å². The summed E-state index contributed by atoms with van der Waals surface area (Å²) < 4.78 is 0. The highest BCUT2D eigenvalue weighted by atomic mass is 32.1. The van der Waals surface area contributed by atoms with Crippen molar-refractivity contribution in [3.63, 3.8) is 0 Å². The van der Waals surface area contributed by atoms with E-state index < -0.39 is 0 Å². The molecule has 3 aromatic carbocycles. The summed E-state index contributed by atoms with van der Waals surface area (Å²) in [6.45, 7) is 8.42. The van der Waals surface area contributed by atoms with Gasteiger partial charge in [-0.25, -0.2) is 0 Å². The Balaban J connectivity index is 1.55. The summed E-state index contributed by atoms with van der Waals surface area (Å²) in [5.74, 6) is -0.186. The first-order valence-electron chi connectivity index (χ1n) is 10.5. The Labute approximate surface area is 195 Å². The molecule has 0 bridgehead atoms. The highest BCUT2D eigenvalue weighted by Gasteiger charge is 2.14. The Morgan fingerprint density at radius 3 is 1.94 bits per heavy atom. The van der Waals surface area contributed by atoms with E-state index in [1.54, 1.807) is 12.1 Å². The second-order valence-electron chi connectivity index (χ2n) is 8.90. The fraction of sp³-hybridized carbons (Fsp3) is 0.222. The van der Waals surface area contributed by atoms with Crippen molar-refractivity contribution < 1.29 is 9.59 Å². The van der Waals surface area contributed by atoms with E-state index in [0.29, 0.717) is 17.5 Å². The summed E-state index contributed by atoms with van der Waals surface area (Å²) >= 11 is 5.24. The average Bonchev–Trinajstić information content (AvgIpc) is 2.75. The van der Waals surface area contributed by atoms with Crippen LogP contribution >= 0.6 is 12.2 Å². The molecule has 0 aliphatic heterocycles. The second-order valence-corrected chi connectivity index (χ2v) is 9.31. The van der Waals surface area contributed by atoms with Crippen LogP contribution in [-0.2, 0) is 11.8 Å². The van der Waals surface area contributed by atoms with Gasteiger partial charge in [-0.05, 0) is 59.9 Å². The lowest BCUT2D eigenvalue weighted by Crippen LogP contribution is -2.34. The normalized spacial score (nSPS) is 11.0. The number of rotatable bonds is 5. The van der Waals surface area contributed by atoms with Crippen LogP contribution in [0.2, 0.25) is 0 Å². The Morgan fingerprint density at radius 1 is 0.812 bits per heavy atom. The first kappa shape index (κ1) is 23.4. The molecule has 0 aromatic heterocycles. The minimum absolute atomic E-state index is 0.0601. The van der Waals surface area contributed by atoms with Gasteiger partial charge in [-0.3, -0.25) is 14.9 Å². The van der Waals surface area contributed by atoms with Crippen LogP contribution in [-0.4, -0.2) is 16.8 Å². The highest BCUT2D eigenvalue weighted by Crippen LogP contribution is 2.22. The van der Waals surface area contributed by atoms with Crippen molar-refractivity contribution in [1.82, 2.24) is 5.32 Å². The maximum atomic E-state index is 12.6. The number of hydrogen-bond acceptors (Lipinski definition) is 3. The maximum absolute atomic E-state index is 12.6. The van der Waals surface area contributed by atoms with Crippen molar-refractivity contribution in [1.29, 1.82) is 0 Å². The number of hydrogen-bond donors (Lipinski definition) is 2. The van der Waals surface area contributed by atoms with Crippen LogP contribution in [0.25, 0.3) is 0 Å². The van der Waals surface area contributed by atoms with Crippen molar-refractivity contribution >= 4 is 34.7 Å². The molecule has 2 N–H and O–H groups in total. The molecular formula is C27H28N2O2S. The Hall–Kier alpha value is -3.31. The molecule has 0 aliphatic rings. The fourth-order valence-electron chi connectivity index (χ4n) is 3.19. The molecule has 32 heavy (non-hydrogen) atoms. The zero-order chi connectivity index (χ0) is 23.3. The lowest BCUT2D eigenvalue weighted by molar-refractivity contribution is 0.0974. The Morgan fingerprint density at radius 2 is 1.38 bits per heavy atom. The van der Waals surface area contributed by atoms with Crippen LogP contribution in [0.3, 0.4) is 0 Å².